The van der Waals surface area contributed by atoms with Gasteiger partial charge in [-0.2, -0.15) is 0 Å². The van der Waals surface area contributed by atoms with Crippen LogP contribution in [0.25, 0.3) is 23.1 Å². The van der Waals surface area contributed by atoms with E-state index in [4.69, 9.17) is 9.41 Å². The fraction of sp³-hybridized carbons (Fsp3) is 0.133. The van der Waals surface area contributed by atoms with Crippen molar-refractivity contribution in [2.75, 3.05) is 0 Å². The monoisotopic (exact) mass is 551 g/mol. The van der Waals surface area contributed by atoms with Crippen molar-refractivity contribution in [3.63, 3.8) is 0 Å². The topological polar surface area (TPSA) is 90.6 Å². The predicted molar refractivity (Wildman–Crippen MR) is 153 cm³/mol. The number of nitro groups is 1. The summed E-state index contributed by atoms with van der Waals surface area (Å²) in [6, 6.07) is 20.8. The number of allylic oxidation sites excluding steroid dienone is 1. The van der Waals surface area contributed by atoms with Crippen LogP contribution >= 0.6 is 22.7 Å². The minimum absolute atomic E-state index is 0.0397. The Kier molecular flexibility index (Phi) is 5.57. The normalized spacial score (nSPS) is 16.4. The van der Waals surface area contributed by atoms with Crippen LogP contribution in [0, 0.1) is 17.0 Å². The van der Waals surface area contributed by atoms with Crippen LogP contribution in [0.1, 0.15) is 39.8 Å². The van der Waals surface area contributed by atoms with Crippen LogP contribution in [0.3, 0.4) is 0 Å². The number of nitro benzene ring substituents is 1. The second-order valence-corrected chi connectivity index (χ2v) is 11.5. The van der Waals surface area contributed by atoms with Gasteiger partial charge in [0.25, 0.3) is 11.2 Å². The van der Waals surface area contributed by atoms with Crippen LogP contribution in [-0.2, 0) is 6.42 Å². The van der Waals surface area contributed by atoms with E-state index in [1.54, 1.807) is 48.6 Å². The molecule has 192 valence electrons. The first kappa shape index (κ1) is 23.8. The number of aromatic nitrogens is 1. The zero-order chi connectivity index (χ0) is 26.7. The smallest absolute Gasteiger partial charge is 0.273 e. The minimum Gasteiger partial charge on any atom is -0.457 e. The molecule has 2 aliphatic rings. The van der Waals surface area contributed by atoms with Crippen molar-refractivity contribution in [2.24, 2.45) is 4.99 Å². The molecular formula is C30H21N3O4S2. The fourth-order valence-corrected chi connectivity index (χ4v) is 7.34. The number of rotatable bonds is 4. The molecule has 5 aromatic rings. The molecule has 7 rings (SSSR count). The molecule has 2 aromatic carbocycles. The Balaban J connectivity index is 1.37. The fourth-order valence-electron chi connectivity index (χ4n) is 5.51. The summed E-state index contributed by atoms with van der Waals surface area (Å²) in [7, 11) is 0. The van der Waals surface area contributed by atoms with Crippen molar-refractivity contribution in [2.45, 2.75) is 25.8 Å². The first-order valence-corrected chi connectivity index (χ1v) is 14.2. The van der Waals surface area contributed by atoms with E-state index < -0.39 is 4.92 Å². The average molecular weight is 552 g/mol. The molecule has 0 amide bonds. The lowest BCUT2D eigenvalue weighted by molar-refractivity contribution is -0.385. The van der Waals surface area contributed by atoms with E-state index >= 15 is 0 Å². The van der Waals surface area contributed by atoms with Crippen molar-refractivity contribution >= 4 is 40.1 Å². The number of furan rings is 1. The number of nitrogens with zero attached hydrogens (tertiary/aromatic N) is 3. The Morgan fingerprint density at radius 3 is 2.72 bits per heavy atom. The third-order valence-electron chi connectivity index (χ3n) is 7.35. The lowest BCUT2D eigenvalue weighted by Crippen LogP contribution is -2.38. The van der Waals surface area contributed by atoms with Crippen molar-refractivity contribution in [3.05, 3.63) is 135 Å². The van der Waals surface area contributed by atoms with E-state index in [2.05, 4.69) is 24.3 Å². The summed E-state index contributed by atoms with van der Waals surface area (Å²) in [4.78, 5) is 31.6. The minimum atomic E-state index is -0.397. The van der Waals surface area contributed by atoms with Crippen LogP contribution < -0.4 is 14.9 Å². The third kappa shape index (κ3) is 3.85. The largest absolute Gasteiger partial charge is 0.457 e. The zero-order valence-electron chi connectivity index (χ0n) is 20.8. The van der Waals surface area contributed by atoms with Gasteiger partial charge >= 0.3 is 0 Å². The summed E-state index contributed by atoms with van der Waals surface area (Å²) in [5.74, 6) is 1.02. The molecule has 0 unspecified atom stereocenters. The van der Waals surface area contributed by atoms with E-state index in [1.165, 1.54) is 28.5 Å². The molecule has 7 nitrogen and oxygen atoms in total. The maximum absolute atomic E-state index is 13.8. The number of thiophene rings is 1. The standard InChI is InChI=1S/C30H21N3O4S2/c1-17-20(8-4-9-23(17)33(35)36)24-14-12-19(37-24)16-26-29(34)32-28(25-10-5-15-38-25)22-13-11-18-6-2-3-7-21(18)27(22)31-30(32)39-26/h2-10,12,14-16,28H,11,13H2,1H3/b26-16-/t28-/m1/s1. The molecule has 0 saturated carbocycles. The maximum Gasteiger partial charge on any atom is 0.273 e. The summed E-state index contributed by atoms with van der Waals surface area (Å²) >= 11 is 3.00. The van der Waals surface area contributed by atoms with E-state index in [0.29, 0.717) is 32.0 Å². The van der Waals surface area contributed by atoms with Crippen LogP contribution in [-0.4, -0.2) is 9.49 Å². The number of benzene rings is 2. The molecular weight excluding hydrogens is 530 g/mol. The quantitative estimate of drug-likeness (QED) is 0.207. The first-order valence-electron chi connectivity index (χ1n) is 12.5. The van der Waals surface area contributed by atoms with Gasteiger partial charge in [0, 0.05) is 33.7 Å². The van der Waals surface area contributed by atoms with Crippen molar-refractivity contribution in [1.82, 2.24) is 4.57 Å². The molecule has 0 saturated heterocycles. The first-order chi connectivity index (χ1) is 19.0. The highest BCUT2D eigenvalue weighted by Gasteiger charge is 2.33. The van der Waals surface area contributed by atoms with Gasteiger partial charge in [-0.15, -0.1) is 11.3 Å². The highest BCUT2D eigenvalue weighted by molar-refractivity contribution is 7.10. The Morgan fingerprint density at radius 2 is 1.90 bits per heavy atom. The molecule has 0 fully saturated rings. The van der Waals surface area contributed by atoms with Gasteiger partial charge in [-0.05, 0) is 54.5 Å². The molecule has 0 radical (unpaired) electrons. The highest BCUT2D eigenvalue weighted by Crippen LogP contribution is 2.42. The summed E-state index contributed by atoms with van der Waals surface area (Å²) in [5, 5.41) is 13.4. The lowest BCUT2D eigenvalue weighted by atomic mass is 9.85. The van der Waals surface area contributed by atoms with Gasteiger partial charge in [0.05, 0.1) is 21.2 Å². The molecule has 1 atom stereocenters. The maximum atomic E-state index is 13.8. The molecule has 1 aliphatic carbocycles. The molecule has 9 heteroatoms. The average Bonchev–Trinajstić information content (AvgIpc) is 3.70. The molecule has 3 aromatic heterocycles. The van der Waals surface area contributed by atoms with E-state index in [9.17, 15) is 14.9 Å². The van der Waals surface area contributed by atoms with Crippen LogP contribution in [0.5, 0.6) is 0 Å². The zero-order valence-corrected chi connectivity index (χ0v) is 22.4. The summed E-state index contributed by atoms with van der Waals surface area (Å²) in [6.45, 7) is 1.71. The molecule has 0 N–H and O–H groups in total. The Hall–Kier alpha value is -4.34. The van der Waals surface area contributed by atoms with Gasteiger partial charge in [0.2, 0.25) is 0 Å². The second kappa shape index (κ2) is 9.14. The van der Waals surface area contributed by atoms with Gasteiger partial charge in [0.1, 0.15) is 11.5 Å². The summed E-state index contributed by atoms with van der Waals surface area (Å²) in [6.07, 6.45) is 3.51. The predicted octanol–water partition coefficient (Wildman–Crippen LogP) is 5.86. The van der Waals surface area contributed by atoms with Gasteiger partial charge in [0.15, 0.2) is 4.80 Å². The van der Waals surface area contributed by atoms with Crippen molar-refractivity contribution < 1.29 is 9.34 Å². The van der Waals surface area contributed by atoms with E-state index in [-0.39, 0.29) is 17.3 Å². The number of hydrogen-bond acceptors (Lipinski definition) is 7. The van der Waals surface area contributed by atoms with Crippen LogP contribution in [0.15, 0.2) is 91.9 Å². The second-order valence-electron chi connectivity index (χ2n) is 9.54. The van der Waals surface area contributed by atoms with E-state index in [1.807, 2.05) is 22.1 Å². The molecule has 39 heavy (non-hydrogen) atoms. The molecule has 4 heterocycles. The highest BCUT2D eigenvalue weighted by atomic mass is 32.1. The molecule has 0 spiro atoms. The lowest BCUT2D eigenvalue weighted by Gasteiger charge is -2.30. The number of thiazole rings is 1. The van der Waals surface area contributed by atoms with Gasteiger partial charge in [-0.25, -0.2) is 4.99 Å². The van der Waals surface area contributed by atoms with Gasteiger partial charge in [-0.3, -0.25) is 19.5 Å². The SMILES string of the molecule is Cc1c(-c2ccc(/C=c3\sc4n(c3=O)[C@@H](c3cccs3)C3=C(N=4)c4ccccc4CC3)o2)cccc1[N+](=O)[O-]. The summed E-state index contributed by atoms with van der Waals surface area (Å²) < 4.78 is 8.41. The van der Waals surface area contributed by atoms with E-state index in [0.717, 1.165) is 29.0 Å². The summed E-state index contributed by atoms with van der Waals surface area (Å²) in [5.41, 5.74) is 5.69. The van der Waals surface area contributed by atoms with Gasteiger partial charge in [-0.1, -0.05) is 53.8 Å². The number of hydrogen-bond donors (Lipinski definition) is 0. The molecule has 0 bridgehead atoms. The third-order valence-corrected chi connectivity index (χ3v) is 9.26. The Bertz CT molecular complexity index is 1990. The van der Waals surface area contributed by atoms with Crippen LogP contribution in [0.4, 0.5) is 5.69 Å². The molecule has 1 aliphatic heterocycles. The van der Waals surface area contributed by atoms with Crippen molar-refractivity contribution in [1.29, 1.82) is 0 Å². The number of aryl methyl sites for hydroxylation is 1. The van der Waals surface area contributed by atoms with Gasteiger partial charge < -0.3 is 4.42 Å². The van der Waals surface area contributed by atoms with Crippen LogP contribution in [0.2, 0.25) is 0 Å². The van der Waals surface area contributed by atoms with Crippen molar-refractivity contribution in [3.8, 4) is 11.3 Å². The Morgan fingerprint density at radius 1 is 1.05 bits per heavy atom. The Labute approximate surface area is 230 Å². The number of fused-ring (bicyclic) bond motifs is 3.